The number of nitrogens with one attached hydrogen (secondary N) is 1. The lowest BCUT2D eigenvalue weighted by Crippen LogP contribution is -2.39. The first-order valence-electron chi connectivity index (χ1n) is 6.29. The fourth-order valence-corrected chi connectivity index (χ4v) is 2.70. The van der Waals surface area contributed by atoms with Crippen molar-refractivity contribution in [2.75, 3.05) is 0 Å². The summed E-state index contributed by atoms with van der Waals surface area (Å²) in [6.45, 7) is 0.587. The SMILES string of the molecule is NC(=NCc1nccs1)NC1CCCCCC1. The minimum absolute atomic E-state index is 0.512. The zero-order valence-corrected chi connectivity index (χ0v) is 10.9. The third-order valence-corrected chi connectivity index (χ3v) is 3.84. The molecular formula is C12H20N4S. The summed E-state index contributed by atoms with van der Waals surface area (Å²) in [5, 5.41) is 6.29. The van der Waals surface area contributed by atoms with Crippen molar-refractivity contribution >= 4 is 17.3 Å². The highest BCUT2D eigenvalue weighted by molar-refractivity contribution is 7.09. The van der Waals surface area contributed by atoms with Gasteiger partial charge in [-0.05, 0) is 12.8 Å². The van der Waals surface area contributed by atoms with Gasteiger partial charge in [0.05, 0.1) is 6.54 Å². The molecule has 1 aliphatic carbocycles. The van der Waals surface area contributed by atoms with Gasteiger partial charge in [-0.1, -0.05) is 25.7 Å². The first-order chi connectivity index (χ1) is 8.34. The van der Waals surface area contributed by atoms with Gasteiger partial charge < -0.3 is 11.1 Å². The van der Waals surface area contributed by atoms with Crippen LogP contribution in [-0.2, 0) is 6.54 Å². The molecular weight excluding hydrogens is 232 g/mol. The number of rotatable bonds is 3. The van der Waals surface area contributed by atoms with E-state index in [0.717, 1.165) is 5.01 Å². The average molecular weight is 252 g/mol. The maximum atomic E-state index is 5.89. The van der Waals surface area contributed by atoms with E-state index < -0.39 is 0 Å². The lowest BCUT2D eigenvalue weighted by Gasteiger charge is -2.16. The lowest BCUT2D eigenvalue weighted by molar-refractivity contribution is 0.530. The molecule has 0 atom stereocenters. The Morgan fingerprint density at radius 2 is 2.18 bits per heavy atom. The van der Waals surface area contributed by atoms with Gasteiger partial charge in [0.1, 0.15) is 5.01 Å². The van der Waals surface area contributed by atoms with Crippen LogP contribution in [0.3, 0.4) is 0 Å². The highest BCUT2D eigenvalue weighted by atomic mass is 32.1. The fourth-order valence-electron chi connectivity index (χ4n) is 2.16. The number of guanidine groups is 1. The van der Waals surface area contributed by atoms with Gasteiger partial charge in [0.2, 0.25) is 0 Å². The summed E-state index contributed by atoms with van der Waals surface area (Å²) < 4.78 is 0. The quantitative estimate of drug-likeness (QED) is 0.493. The van der Waals surface area contributed by atoms with Gasteiger partial charge >= 0.3 is 0 Å². The van der Waals surface area contributed by atoms with Gasteiger partial charge in [-0.2, -0.15) is 0 Å². The normalized spacial score (nSPS) is 18.9. The molecule has 1 saturated carbocycles. The zero-order valence-electron chi connectivity index (χ0n) is 10.1. The Balaban J connectivity index is 1.78. The molecule has 0 amide bonds. The third kappa shape index (κ3) is 4.34. The Hall–Kier alpha value is -1.10. The van der Waals surface area contributed by atoms with E-state index in [1.54, 1.807) is 17.5 Å². The molecule has 1 heterocycles. The Morgan fingerprint density at radius 1 is 1.41 bits per heavy atom. The molecule has 5 heteroatoms. The van der Waals surface area contributed by atoms with Crippen molar-refractivity contribution in [3.05, 3.63) is 16.6 Å². The van der Waals surface area contributed by atoms with Crippen LogP contribution in [0.25, 0.3) is 0 Å². The van der Waals surface area contributed by atoms with Crippen LogP contribution in [0.5, 0.6) is 0 Å². The molecule has 2 rings (SSSR count). The number of aliphatic imine (C=N–C) groups is 1. The van der Waals surface area contributed by atoms with Crippen LogP contribution in [0.15, 0.2) is 16.6 Å². The largest absolute Gasteiger partial charge is 0.370 e. The Morgan fingerprint density at radius 3 is 2.82 bits per heavy atom. The molecule has 4 nitrogen and oxygen atoms in total. The molecule has 94 valence electrons. The molecule has 3 N–H and O–H groups in total. The Bertz CT molecular complexity index is 339. The number of hydrogen-bond donors (Lipinski definition) is 2. The van der Waals surface area contributed by atoms with E-state index in [-0.39, 0.29) is 0 Å². The van der Waals surface area contributed by atoms with Crippen molar-refractivity contribution < 1.29 is 0 Å². The van der Waals surface area contributed by atoms with Crippen molar-refractivity contribution in [1.82, 2.24) is 10.3 Å². The number of thiazole rings is 1. The maximum absolute atomic E-state index is 5.89. The van der Waals surface area contributed by atoms with E-state index in [1.165, 1.54) is 38.5 Å². The van der Waals surface area contributed by atoms with Gasteiger partial charge in [0, 0.05) is 17.6 Å². The molecule has 1 aromatic rings. The van der Waals surface area contributed by atoms with Crippen molar-refractivity contribution in [2.45, 2.75) is 51.1 Å². The molecule has 1 aliphatic rings. The van der Waals surface area contributed by atoms with Crippen molar-refractivity contribution in [3.8, 4) is 0 Å². The van der Waals surface area contributed by atoms with Crippen molar-refractivity contribution in [3.63, 3.8) is 0 Å². The van der Waals surface area contributed by atoms with Gasteiger partial charge in [-0.15, -0.1) is 11.3 Å². The summed E-state index contributed by atoms with van der Waals surface area (Å²) >= 11 is 1.61. The second-order valence-electron chi connectivity index (χ2n) is 4.46. The average Bonchev–Trinajstić information content (AvgIpc) is 2.72. The van der Waals surface area contributed by atoms with Gasteiger partial charge in [-0.25, -0.2) is 9.98 Å². The minimum atomic E-state index is 0.512. The molecule has 1 fully saturated rings. The maximum Gasteiger partial charge on any atom is 0.189 e. The summed E-state index contributed by atoms with van der Waals surface area (Å²) in [4.78, 5) is 8.50. The monoisotopic (exact) mass is 252 g/mol. The minimum Gasteiger partial charge on any atom is -0.370 e. The molecule has 0 radical (unpaired) electrons. The highest BCUT2D eigenvalue weighted by Gasteiger charge is 2.12. The number of hydrogen-bond acceptors (Lipinski definition) is 3. The summed E-state index contributed by atoms with van der Waals surface area (Å²) in [6.07, 6.45) is 9.54. The van der Waals surface area contributed by atoms with E-state index in [1.807, 2.05) is 5.38 Å². The second-order valence-corrected chi connectivity index (χ2v) is 5.44. The first kappa shape index (κ1) is 12.4. The van der Waals surface area contributed by atoms with Gasteiger partial charge in [0.15, 0.2) is 5.96 Å². The van der Waals surface area contributed by atoms with Crippen LogP contribution in [0.2, 0.25) is 0 Å². The number of nitrogens with zero attached hydrogens (tertiary/aromatic N) is 2. The second kappa shape index (κ2) is 6.59. The van der Waals surface area contributed by atoms with Crippen LogP contribution in [-0.4, -0.2) is 17.0 Å². The molecule has 0 bridgehead atoms. The van der Waals surface area contributed by atoms with Gasteiger partial charge in [0.25, 0.3) is 0 Å². The molecule has 0 aliphatic heterocycles. The van der Waals surface area contributed by atoms with Crippen molar-refractivity contribution in [1.29, 1.82) is 0 Å². The first-order valence-corrected chi connectivity index (χ1v) is 7.17. The molecule has 0 saturated heterocycles. The molecule has 0 aromatic carbocycles. The lowest BCUT2D eigenvalue weighted by atomic mass is 10.1. The van der Waals surface area contributed by atoms with Crippen LogP contribution in [0.1, 0.15) is 43.5 Å². The predicted octanol–water partition coefficient (Wildman–Crippen LogP) is 2.27. The van der Waals surface area contributed by atoms with E-state index in [0.29, 0.717) is 18.5 Å². The van der Waals surface area contributed by atoms with Crippen LogP contribution in [0.4, 0.5) is 0 Å². The topological polar surface area (TPSA) is 63.3 Å². The smallest absolute Gasteiger partial charge is 0.189 e. The van der Waals surface area contributed by atoms with Crippen LogP contribution >= 0.6 is 11.3 Å². The fraction of sp³-hybridized carbons (Fsp3) is 0.667. The molecule has 0 unspecified atom stereocenters. The standard InChI is InChI=1S/C12H20N4S/c13-12(15-9-11-14-7-8-17-11)16-10-5-3-1-2-4-6-10/h7-8,10H,1-6,9H2,(H3,13,15,16). The van der Waals surface area contributed by atoms with E-state index >= 15 is 0 Å². The Labute approximate surface area is 106 Å². The number of nitrogens with two attached hydrogens (primary N) is 1. The van der Waals surface area contributed by atoms with E-state index in [2.05, 4.69) is 15.3 Å². The van der Waals surface area contributed by atoms with Crippen LogP contribution < -0.4 is 11.1 Å². The summed E-state index contributed by atoms with van der Waals surface area (Å²) in [5.41, 5.74) is 5.89. The third-order valence-electron chi connectivity index (χ3n) is 3.08. The van der Waals surface area contributed by atoms with Crippen molar-refractivity contribution in [2.24, 2.45) is 10.7 Å². The predicted molar refractivity (Wildman–Crippen MR) is 72.1 cm³/mol. The van der Waals surface area contributed by atoms with Gasteiger partial charge in [-0.3, -0.25) is 0 Å². The van der Waals surface area contributed by atoms with E-state index in [4.69, 9.17) is 5.73 Å². The van der Waals surface area contributed by atoms with Crippen LogP contribution in [0, 0.1) is 0 Å². The zero-order chi connectivity index (χ0) is 11.9. The Kier molecular flexibility index (Phi) is 4.79. The highest BCUT2D eigenvalue weighted by Crippen LogP contribution is 2.16. The molecule has 1 aromatic heterocycles. The summed E-state index contributed by atoms with van der Waals surface area (Å²) in [6, 6.07) is 0.512. The molecule has 0 spiro atoms. The number of aromatic nitrogens is 1. The molecule has 17 heavy (non-hydrogen) atoms. The van der Waals surface area contributed by atoms with E-state index in [9.17, 15) is 0 Å². The summed E-state index contributed by atoms with van der Waals surface area (Å²) in [7, 11) is 0. The summed E-state index contributed by atoms with van der Waals surface area (Å²) in [5.74, 6) is 0.562.